The summed E-state index contributed by atoms with van der Waals surface area (Å²) in [6.45, 7) is 0. The van der Waals surface area contributed by atoms with Gasteiger partial charge in [0.1, 0.15) is 0 Å². The molecule has 0 bridgehead atoms. The van der Waals surface area contributed by atoms with Crippen LogP contribution in [0.1, 0.15) is 17.0 Å². The number of rotatable bonds is 5. The lowest BCUT2D eigenvalue weighted by Crippen LogP contribution is -2.22. The number of carbonyl (C=O) groups excluding carboxylic acids is 1. The Balaban J connectivity index is 1.48. The first-order valence-electron chi connectivity index (χ1n) is 10.1. The molecule has 0 saturated heterocycles. The lowest BCUT2D eigenvalue weighted by atomic mass is 9.90. The van der Waals surface area contributed by atoms with Crippen LogP contribution in [-0.2, 0) is 4.79 Å². The molecule has 0 aliphatic rings. The SMILES string of the molecule is O=C(Nc1ccc(Cl)c(-c2nc3ncccc3o2)c1)C(c1ccccc1)c1ccccc1. The molecule has 156 valence electrons. The highest BCUT2D eigenvalue weighted by atomic mass is 35.5. The maximum Gasteiger partial charge on any atom is 0.236 e. The molecule has 5 aromatic rings. The van der Waals surface area contributed by atoms with Crippen LogP contribution < -0.4 is 5.32 Å². The van der Waals surface area contributed by atoms with Crippen LogP contribution in [-0.4, -0.2) is 15.9 Å². The van der Waals surface area contributed by atoms with Crippen LogP contribution in [0.25, 0.3) is 22.7 Å². The predicted molar refractivity (Wildman–Crippen MR) is 126 cm³/mol. The predicted octanol–water partition coefficient (Wildman–Crippen LogP) is 6.31. The fourth-order valence-corrected chi connectivity index (χ4v) is 3.85. The van der Waals surface area contributed by atoms with E-state index in [1.54, 1.807) is 36.5 Å². The quantitative estimate of drug-likeness (QED) is 0.348. The number of hydrogen-bond donors (Lipinski definition) is 1. The van der Waals surface area contributed by atoms with E-state index in [1.807, 2.05) is 60.7 Å². The van der Waals surface area contributed by atoms with Crippen molar-refractivity contribution < 1.29 is 9.21 Å². The first-order valence-corrected chi connectivity index (χ1v) is 10.5. The second-order valence-electron chi connectivity index (χ2n) is 7.28. The minimum absolute atomic E-state index is 0.144. The summed E-state index contributed by atoms with van der Waals surface area (Å²) < 4.78 is 5.81. The molecule has 0 atom stereocenters. The first-order chi connectivity index (χ1) is 15.7. The monoisotopic (exact) mass is 439 g/mol. The van der Waals surface area contributed by atoms with Crippen LogP contribution >= 0.6 is 11.6 Å². The summed E-state index contributed by atoms with van der Waals surface area (Å²) >= 11 is 6.42. The number of hydrogen-bond acceptors (Lipinski definition) is 4. The van der Waals surface area contributed by atoms with Crippen molar-refractivity contribution in [3.05, 3.63) is 113 Å². The number of nitrogens with zero attached hydrogens (tertiary/aromatic N) is 2. The molecule has 6 heteroatoms. The molecule has 32 heavy (non-hydrogen) atoms. The fourth-order valence-electron chi connectivity index (χ4n) is 3.65. The van der Waals surface area contributed by atoms with Crippen molar-refractivity contribution in [1.29, 1.82) is 0 Å². The molecule has 5 nitrogen and oxygen atoms in total. The number of anilines is 1. The average Bonchev–Trinajstić information content (AvgIpc) is 3.26. The van der Waals surface area contributed by atoms with Crippen molar-refractivity contribution in [1.82, 2.24) is 9.97 Å². The summed E-state index contributed by atoms with van der Waals surface area (Å²) in [7, 11) is 0. The van der Waals surface area contributed by atoms with Gasteiger partial charge in [0.15, 0.2) is 11.2 Å². The van der Waals surface area contributed by atoms with Crippen molar-refractivity contribution in [3.63, 3.8) is 0 Å². The van der Waals surface area contributed by atoms with E-state index in [0.717, 1.165) is 11.1 Å². The highest BCUT2D eigenvalue weighted by Gasteiger charge is 2.23. The average molecular weight is 440 g/mol. The highest BCUT2D eigenvalue weighted by molar-refractivity contribution is 6.33. The lowest BCUT2D eigenvalue weighted by Gasteiger charge is -2.18. The zero-order chi connectivity index (χ0) is 21.9. The Morgan fingerprint density at radius 1 is 0.875 bits per heavy atom. The Kier molecular flexibility index (Phi) is 5.40. The zero-order valence-corrected chi connectivity index (χ0v) is 17.7. The van der Waals surface area contributed by atoms with Gasteiger partial charge in [-0.05, 0) is 41.5 Å². The number of fused-ring (bicyclic) bond motifs is 1. The van der Waals surface area contributed by atoms with Crippen LogP contribution in [0.15, 0.2) is 102 Å². The van der Waals surface area contributed by atoms with Gasteiger partial charge in [-0.25, -0.2) is 4.98 Å². The van der Waals surface area contributed by atoms with Gasteiger partial charge in [0, 0.05) is 11.9 Å². The van der Waals surface area contributed by atoms with E-state index in [0.29, 0.717) is 33.4 Å². The Morgan fingerprint density at radius 2 is 1.56 bits per heavy atom. The lowest BCUT2D eigenvalue weighted by molar-refractivity contribution is -0.116. The fraction of sp³-hybridized carbons (Fsp3) is 0.0385. The standard InChI is InChI=1S/C26H18ClN3O2/c27-21-14-13-19(16-20(21)26-30-24-22(32-26)12-7-15-28-24)29-25(31)23(17-8-3-1-4-9-17)18-10-5-2-6-11-18/h1-16,23H,(H,29,31). The van der Waals surface area contributed by atoms with Gasteiger partial charge in [0.2, 0.25) is 11.8 Å². The van der Waals surface area contributed by atoms with Crippen LogP contribution in [0, 0.1) is 0 Å². The molecule has 0 aliphatic heterocycles. The zero-order valence-electron chi connectivity index (χ0n) is 16.9. The number of nitrogens with one attached hydrogen (secondary N) is 1. The van der Waals surface area contributed by atoms with Gasteiger partial charge in [-0.3, -0.25) is 4.79 Å². The minimum Gasteiger partial charge on any atom is -0.434 e. The Morgan fingerprint density at radius 3 is 2.22 bits per heavy atom. The number of pyridine rings is 1. The topological polar surface area (TPSA) is 68.0 Å². The van der Waals surface area contributed by atoms with Gasteiger partial charge in [0.05, 0.1) is 16.5 Å². The number of carbonyl (C=O) groups is 1. The molecule has 0 radical (unpaired) electrons. The van der Waals surface area contributed by atoms with Crippen molar-refractivity contribution in [2.75, 3.05) is 5.32 Å². The van der Waals surface area contributed by atoms with Crippen LogP contribution in [0.4, 0.5) is 5.69 Å². The second kappa shape index (κ2) is 8.65. The third-order valence-corrected chi connectivity index (χ3v) is 5.49. The van der Waals surface area contributed by atoms with Crippen LogP contribution in [0.3, 0.4) is 0 Å². The summed E-state index contributed by atoms with van der Waals surface area (Å²) in [5, 5.41) is 3.50. The summed E-state index contributed by atoms with van der Waals surface area (Å²) in [5.41, 5.74) is 4.08. The highest BCUT2D eigenvalue weighted by Crippen LogP contribution is 2.33. The molecule has 0 unspecified atom stereocenters. The van der Waals surface area contributed by atoms with Gasteiger partial charge >= 0.3 is 0 Å². The molecule has 3 aromatic carbocycles. The third-order valence-electron chi connectivity index (χ3n) is 5.16. The van der Waals surface area contributed by atoms with Crippen molar-refractivity contribution in [3.8, 4) is 11.5 Å². The maximum atomic E-state index is 13.4. The largest absolute Gasteiger partial charge is 0.434 e. The number of oxazole rings is 1. The number of amides is 1. The smallest absolute Gasteiger partial charge is 0.236 e. The second-order valence-corrected chi connectivity index (χ2v) is 7.69. The Bertz CT molecular complexity index is 1310. The van der Waals surface area contributed by atoms with Crippen LogP contribution in [0.2, 0.25) is 5.02 Å². The van der Waals surface area contributed by atoms with Gasteiger partial charge < -0.3 is 9.73 Å². The Hall–Kier alpha value is -3.96. The molecule has 5 rings (SSSR count). The van der Waals surface area contributed by atoms with Gasteiger partial charge in [-0.2, -0.15) is 4.98 Å². The summed E-state index contributed by atoms with van der Waals surface area (Å²) in [6.07, 6.45) is 1.65. The molecule has 1 N–H and O–H groups in total. The minimum atomic E-state index is -0.454. The molecular weight excluding hydrogens is 422 g/mol. The molecule has 0 aliphatic carbocycles. The molecule has 0 saturated carbocycles. The summed E-state index contributed by atoms with van der Waals surface area (Å²) in [4.78, 5) is 22.0. The van der Waals surface area contributed by atoms with Crippen LogP contribution in [0.5, 0.6) is 0 Å². The molecular formula is C26H18ClN3O2. The number of halogens is 1. The van der Waals surface area contributed by atoms with E-state index < -0.39 is 5.92 Å². The van der Waals surface area contributed by atoms with Crippen molar-refractivity contribution in [2.45, 2.75) is 5.92 Å². The van der Waals surface area contributed by atoms with E-state index >= 15 is 0 Å². The van der Waals surface area contributed by atoms with Gasteiger partial charge in [-0.1, -0.05) is 72.3 Å². The molecule has 0 spiro atoms. The van der Waals surface area contributed by atoms with E-state index in [1.165, 1.54) is 0 Å². The van der Waals surface area contributed by atoms with E-state index in [4.69, 9.17) is 16.0 Å². The number of aromatic nitrogens is 2. The normalized spacial score (nSPS) is 11.1. The number of benzene rings is 3. The Labute approximate surface area is 189 Å². The third kappa shape index (κ3) is 3.98. The van der Waals surface area contributed by atoms with Crippen molar-refractivity contribution in [2.24, 2.45) is 0 Å². The molecule has 1 amide bonds. The van der Waals surface area contributed by atoms with Gasteiger partial charge in [-0.15, -0.1) is 0 Å². The molecule has 2 heterocycles. The van der Waals surface area contributed by atoms with Crippen molar-refractivity contribution >= 4 is 34.4 Å². The van der Waals surface area contributed by atoms with Gasteiger partial charge in [0.25, 0.3) is 0 Å². The van der Waals surface area contributed by atoms with E-state index in [2.05, 4.69) is 15.3 Å². The maximum absolute atomic E-state index is 13.4. The summed E-state index contributed by atoms with van der Waals surface area (Å²) in [6, 6.07) is 28.2. The summed E-state index contributed by atoms with van der Waals surface area (Å²) in [5.74, 6) is -0.248. The molecule has 2 aromatic heterocycles. The first kappa shape index (κ1) is 20.0. The molecule has 0 fully saturated rings. The van der Waals surface area contributed by atoms with E-state index in [9.17, 15) is 4.79 Å². The van der Waals surface area contributed by atoms with E-state index in [-0.39, 0.29) is 5.91 Å².